The quantitative estimate of drug-likeness (QED) is 0.503. The molecule has 0 radical (unpaired) electrons. The van der Waals surface area contributed by atoms with Gasteiger partial charge in [-0.2, -0.15) is 0 Å². The van der Waals surface area contributed by atoms with E-state index >= 15 is 0 Å². The first-order chi connectivity index (χ1) is 13.1. The van der Waals surface area contributed by atoms with Crippen LogP contribution >= 0.6 is 11.6 Å². The number of benzene rings is 2. The highest BCUT2D eigenvalue weighted by atomic mass is 35.5. The molecule has 1 unspecified atom stereocenters. The number of hydrogen-bond acceptors (Lipinski definition) is 4. The molecular weight excluding hydrogens is 365 g/mol. The van der Waals surface area contributed by atoms with Gasteiger partial charge in [-0.3, -0.25) is 9.97 Å². The zero-order valence-electron chi connectivity index (χ0n) is 14.1. The number of phenolic OH excluding ortho intramolecular Hbond substituents is 1. The van der Waals surface area contributed by atoms with Crippen LogP contribution in [-0.4, -0.2) is 15.1 Å². The molecule has 0 aliphatic heterocycles. The maximum atomic E-state index is 14.6. The Bertz CT molecular complexity index is 1110. The van der Waals surface area contributed by atoms with Crippen molar-refractivity contribution in [3.63, 3.8) is 0 Å². The van der Waals surface area contributed by atoms with Gasteiger partial charge in [0, 0.05) is 35.1 Å². The number of anilines is 1. The number of nitrogens with zero attached hydrogens (tertiary/aromatic N) is 2. The van der Waals surface area contributed by atoms with Gasteiger partial charge in [-0.15, -0.1) is 0 Å². The van der Waals surface area contributed by atoms with Crippen LogP contribution in [-0.2, 0) is 0 Å². The van der Waals surface area contributed by atoms with Crippen LogP contribution < -0.4 is 5.32 Å². The molecule has 0 spiro atoms. The summed E-state index contributed by atoms with van der Waals surface area (Å²) in [4.78, 5) is 8.32. The summed E-state index contributed by atoms with van der Waals surface area (Å²) in [7, 11) is 0. The predicted molar refractivity (Wildman–Crippen MR) is 105 cm³/mol. The van der Waals surface area contributed by atoms with Gasteiger partial charge in [0.15, 0.2) is 0 Å². The molecule has 0 bridgehead atoms. The highest BCUT2D eigenvalue weighted by Crippen LogP contribution is 2.40. The Morgan fingerprint density at radius 3 is 2.59 bits per heavy atom. The van der Waals surface area contributed by atoms with Crippen LogP contribution in [0.4, 0.5) is 10.1 Å². The Morgan fingerprint density at radius 1 is 1.00 bits per heavy atom. The first-order valence-electron chi connectivity index (χ1n) is 8.32. The predicted octanol–water partition coefficient (Wildman–Crippen LogP) is 5.33. The average Bonchev–Trinajstić information content (AvgIpc) is 2.71. The smallest absolute Gasteiger partial charge is 0.147 e. The summed E-state index contributed by atoms with van der Waals surface area (Å²) in [6.07, 6.45) is 4.86. The molecular formula is C21H15ClFN3O. The van der Waals surface area contributed by atoms with Crippen molar-refractivity contribution in [3.05, 3.63) is 95.2 Å². The summed E-state index contributed by atoms with van der Waals surface area (Å²) in [5.41, 5.74) is 1.86. The zero-order valence-corrected chi connectivity index (χ0v) is 14.9. The molecule has 27 heavy (non-hydrogen) atoms. The van der Waals surface area contributed by atoms with Crippen LogP contribution in [0.1, 0.15) is 17.2 Å². The number of hydrogen-bond donors (Lipinski definition) is 2. The fourth-order valence-corrected chi connectivity index (χ4v) is 3.34. The molecule has 2 aromatic carbocycles. The molecule has 0 aliphatic carbocycles. The second-order valence-electron chi connectivity index (χ2n) is 6.04. The highest BCUT2D eigenvalue weighted by Gasteiger charge is 2.24. The summed E-state index contributed by atoms with van der Waals surface area (Å²) in [5.74, 6) is -0.435. The van der Waals surface area contributed by atoms with E-state index in [2.05, 4.69) is 15.3 Å². The number of halogens is 2. The van der Waals surface area contributed by atoms with Gasteiger partial charge in [0.25, 0.3) is 0 Å². The number of phenols is 1. The van der Waals surface area contributed by atoms with Gasteiger partial charge < -0.3 is 10.4 Å². The molecule has 0 aliphatic rings. The van der Waals surface area contributed by atoms with E-state index in [0.29, 0.717) is 32.7 Å². The Kier molecular flexibility index (Phi) is 4.60. The van der Waals surface area contributed by atoms with E-state index in [-0.39, 0.29) is 5.75 Å². The zero-order chi connectivity index (χ0) is 18.8. The number of aromatic hydroxyl groups is 1. The van der Waals surface area contributed by atoms with Crippen molar-refractivity contribution in [2.45, 2.75) is 6.04 Å². The third-order valence-corrected chi connectivity index (χ3v) is 4.66. The van der Waals surface area contributed by atoms with Gasteiger partial charge in [-0.1, -0.05) is 29.8 Å². The summed E-state index contributed by atoms with van der Waals surface area (Å²) >= 11 is 6.42. The third-order valence-electron chi connectivity index (χ3n) is 4.34. The van der Waals surface area contributed by atoms with Crippen molar-refractivity contribution in [1.29, 1.82) is 0 Å². The summed E-state index contributed by atoms with van der Waals surface area (Å²) in [6.45, 7) is 0. The molecule has 0 saturated heterocycles. The van der Waals surface area contributed by atoms with E-state index in [0.717, 1.165) is 0 Å². The van der Waals surface area contributed by atoms with Gasteiger partial charge in [0.2, 0.25) is 0 Å². The van der Waals surface area contributed by atoms with Crippen molar-refractivity contribution < 1.29 is 9.50 Å². The lowest BCUT2D eigenvalue weighted by atomic mass is 9.95. The fourth-order valence-electron chi connectivity index (χ4n) is 3.07. The van der Waals surface area contributed by atoms with E-state index in [4.69, 9.17) is 11.6 Å². The number of fused-ring (bicyclic) bond motifs is 1. The van der Waals surface area contributed by atoms with Gasteiger partial charge in [0.05, 0.1) is 16.8 Å². The van der Waals surface area contributed by atoms with Crippen LogP contribution in [0, 0.1) is 5.82 Å². The molecule has 2 N–H and O–H groups in total. The minimum Gasteiger partial charge on any atom is -0.505 e. The molecule has 0 fully saturated rings. The van der Waals surface area contributed by atoms with Gasteiger partial charge in [-0.05, 0) is 36.4 Å². The Balaban J connectivity index is 1.92. The minimum absolute atomic E-state index is 0.0420. The topological polar surface area (TPSA) is 58.0 Å². The molecule has 134 valence electrons. The van der Waals surface area contributed by atoms with Crippen molar-refractivity contribution in [2.75, 3.05) is 5.32 Å². The lowest BCUT2D eigenvalue weighted by Gasteiger charge is -2.23. The lowest BCUT2D eigenvalue weighted by molar-refractivity contribution is 0.471. The van der Waals surface area contributed by atoms with Crippen LogP contribution in [0.5, 0.6) is 5.75 Å². The Hall–Kier alpha value is -3.18. The number of nitrogens with one attached hydrogen (secondary N) is 1. The molecule has 4 aromatic rings. The van der Waals surface area contributed by atoms with Crippen LogP contribution in [0.2, 0.25) is 5.02 Å². The molecule has 0 saturated carbocycles. The Labute approximate surface area is 160 Å². The minimum atomic E-state index is -0.681. The molecule has 1 atom stereocenters. The van der Waals surface area contributed by atoms with E-state index in [1.807, 2.05) is 6.07 Å². The van der Waals surface area contributed by atoms with Gasteiger partial charge >= 0.3 is 0 Å². The maximum absolute atomic E-state index is 14.6. The first kappa shape index (κ1) is 17.2. The second-order valence-corrected chi connectivity index (χ2v) is 6.44. The van der Waals surface area contributed by atoms with E-state index in [1.54, 1.807) is 61.1 Å². The molecule has 4 rings (SSSR count). The normalized spacial score (nSPS) is 12.1. The second kappa shape index (κ2) is 7.21. The molecule has 4 nitrogen and oxygen atoms in total. The average molecular weight is 380 g/mol. The van der Waals surface area contributed by atoms with Crippen molar-refractivity contribution in [3.8, 4) is 5.75 Å². The summed E-state index contributed by atoms with van der Waals surface area (Å²) in [6, 6.07) is 14.5. The highest BCUT2D eigenvalue weighted by molar-refractivity contribution is 6.35. The number of rotatable bonds is 4. The maximum Gasteiger partial charge on any atom is 0.147 e. The Morgan fingerprint density at radius 2 is 1.81 bits per heavy atom. The number of aromatic nitrogens is 2. The van der Waals surface area contributed by atoms with Gasteiger partial charge in [-0.25, -0.2) is 4.39 Å². The SMILES string of the molecule is Oc1c(C(Nc2cccnc2)c2ccccc2F)cc(Cl)c2cccnc12. The van der Waals surface area contributed by atoms with Crippen LogP contribution in [0.25, 0.3) is 10.9 Å². The van der Waals surface area contributed by atoms with Gasteiger partial charge in [0.1, 0.15) is 17.1 Å². The van der Waals surface area contributed by atoms with Crippen molar-refractivity contribution in [1.82, 2.24) is 9.97 Å². The lowest BCUT2D eigenvalue weighted by Crippen LogP contribution is -2.14. The summed E-state index contributed by atoms with van der Waals surface area (Å²) in [5, 5.41) is 15.2. The standard InChI is InChI=1S/C21H15ClFN3O/c22-17-11-16(21(27)20-14(17)7-4-10-25-20)19(15-6-1-2-8-18(15)23)26-13-5-3-9-24-12-13/h1-12,19,26-27H. The largest absolute Gasteiger partial charge is 0.505 e. The van der Waals surface area contributed by atoms with Crippen LogP contribution in [0.3, 0.4) is 0 Å². The molecule has 0 amide bonds. The monoisotopic (exact) mass is 379 g/mol. The molecule has 2 heterocycles. The van der Waals surface area contributed by atoms with E-state index in [9.17, 15) is 9.50 Å². The third kappa shape index (κ3) is 3.29. The van der Waals surface area contributed by atoms with E-state index in [1.165, 1.54) is 6.07 Å². The number of pyridine rings is 2. The van der Waals surface area contributed by atoms with Crippen molar-refractivity contribution in [2.24, 2.45) is 0 Å². The molecule has 2 aromatic heterocycles. The summed E-state index contributed by atoms with van der Waals surface area (Å²) < 4.78 is 14.6. The first-order valence-corrected chi connectivity index (χ1v) is 8.70. The molecule has 6 heteroatoms. The fraction of sp³-hybridized carbons (Fsp3) is 0.0476. The van der Waals surface area contributed by atoms with E-state index < -0.39 is 11.9 Å². The van der Waals surface area contributed by atoms with Crippen LogP contribution in [0.15, 0.2) is 73.2 Å². The van der Waals surface area contributed by atoms with Crippen molar-refractivity contribution >= 4 is 28.2 Å².